The van der Waals surface area contributed by atoms with E-state index < -0.39 is 6.10 Å². The van der Waals surface area contributed by atoms with Crippen molar-refractivity contribution in [3.63, 3.8) is 0 Å². The van der Waals surface area contributed by atoms with Crippen LogP contribution in [-0.2, 0) is 0 Å². The highest BCUT2D eigenvalue weighted by Gasteiger charge is 2.10. The third-order valence-electron chi connectivity index (χ3n) is 3.35. The van der Waals surface area contributed by atoms with Crippen LogP contribution in [0.5, 0.6) is 11.5 Å². The van der Waals surface area contributed by atoms with Crippen molar-refractivity contribution in [2.24, 2.45) is 0 Å². The van der Waals surface area contributed by atoms with Crippen molar-refractivity contribution in [3.8, 4) is 23.0 Å². The number of nitrogens with zero attached hydrogens (tertiary/aromatic N) is 2. The topological polar surface area (TPSA) is 77.6 Å². The summed E-state index contributed by atoms with van der Waals surface area (Å²) in [5.41, 5.74) is 1.55. The molecule has 1 atom stereocenters. The fraction of sp³-hybridized carbons (Fsp3) is 0.176. The Kier molecular flexibility index (Phi) is 4.54. The highest BCUT2D eigenvalue weighted by Crippen LogP contribution is 2.23. The van der Waals surface area contributed by atoms with E-state index in [2.05, 4.69) is 10.2 Å². The minimum Gasteiger partial charge on any atom is -0.497 e. The molecule has 2 aromatic carbocycles. The van der Waals surface area contributed by atoms with E-state index in [-0.39, 0.29) is 6.61 Å². The zero-order valence-electron chi connectivity index (χ0n) is 12.5. The van der Waals surface area contributed by atoms with Crippen molar-refractivity contribution in [3.05, 3.63) is 60.5 Å². The molecule has 0 aliphatic rings. The monoisotopic (exact) mass is 312 g/mol. The second-order valence-corrected chi connectivity index (χ2v) is 4.87. The minimum absolute atomic E-state index is 0.146. The molecule has 3 rings (SSSR count). The molecule has 0 saturated carbocycles. The minimum atomic E-state index is -0.735. The van der Waals surface area contributed by atoms with Gasteiger partial charge in [-0.1, -0.05) is 12.1 Å². The predicted molar refractivity (Wildman–Crippen MR) is 83.2 cm³/mol. The van der Waals surface area contributed by atoms with Gasteiger partial charge in [-0.2, -0.15) is 0 Å². The van der Waals surface area contributed by atoms with E-state index in [0.29, 0.717) is 17.4 Å². The Labute approximate surface area is 133 Å². The number of aromatic nitrogens is 2. The molecular formula is C17H16N2O4. The van der Waals surface area contributed by atoms with Crippen LogP contribution in [0.1, 0.15) is 11.7 Å². The summed E-state index contributed by atoms with van der Waals surface area (Å²) in [5, 5.41) is 17.7. The van der Waals surface area contributed by atoms with Gasteiger partial charge in [0.25, 0.3) is 0 Å². The number of rotatable bonds is 6. The Morgan fingerprint density at radius 3 is 2.65 bits per heavy atom. The van der Waals surface area contributed by atoms with Gasteiger partial charge in [0, 0.05) is 5.56 Å². The molecule has 118 valence electrons. The maximum absolute atomic E-state index is 10.2. The molecule has 1 heterocycles. The molecule has 6 nitrogen and oxygen atoms in total. The maximum Gasteiger partial charge on any atom is 0.247 e. The third-order valence-corrected chi connectivity index (χ3v) is 3.35. The van der Waals surface area contributed by atoms with Gasteiger partial charge in [0.05, 0.1) is 7.11 Å². The van der Waals surface area contributed by atoms with Crippen LogP contribution in [-0.4, -0.2) is 29.0 Å². The zero-order chi connectivity index (χ0) is 16.1. The maximum atomic E-state index is 10.2. The van der Waals surface area contributed by atoms with E-state index in [9.17, 15) is 5.11 Å². The average molecular weight is 312 g/mol. The number of hydrogen-bond donors (Lipinski definition) is 1. The normalized spacial score (nSPS) is 11.9. The summed E-state index contributed by atoms with van der Waals surface area (Å²) in [4.78, 5) is 0. The van der Waals surface area contributed by atoms with Crippen LogP contribution in [0.15, 0.2) is 59.3 Å². The van der Waals surface area contributed by atoms with Crippen molar-refractivity contribution in [2.45, 2.75) is 6.10 Å². The van der Waals surface area contributed by atoms with Gasteiger partial charge in [0.1, 0.15) is 24.2 Å². The second kappa shape index (κ2) is 6.93. The molecule has 1 aromatic heterocycles. The fourth-order valence-corrected chi connectivity index (χ4v) is 2.11. The fourth-order valence-electron chi connectivity index (χ4n) is 2.11. The first-order valence-electron chi connectivity index (χ1n) is 7.07. The standard InChI is InChI=1S/C17H16N2O4/c1-21-15-4-2-3-13(9-15)16(20)10-22-14-7-5-12(6-8-14)17-19-18-11-23-17/h2-9,11,16,20H,10H2,1H3. The Hall–Kier alpha value is -2.86. The van der Waals surface area contributed by atoms with Gasteiger partial charge in [-0.25, -0.2) is 0 Å². The highest BCUT2D eigenvalue weighted by atomic mass is 16.5. The SMILES string of the molecule is COc1cccc(C(O)COc2ccc(-c3nnco3)cc2)c1. The van der Waals surface area contributed by atoms with Crippen molar-refractivity contribution in [1.29, 1.82) is 0 Å². The lowest BCUT2D eigenvalue weighted by Gasteiger charge is -2.13. The van der Waals surface area contributed by atoms with Crippen LogP contribution in [0.2, 0.25) is 0 Å². The van der Waals surface area contributed by atoms with Crippen molar-refractivity contribution < 1.29 is 19.0 Å². The summed E-state index contributed by atoms with van der Waals surface area (Å²) in [6, 6.07) is 14.5. The molecule has 0 aliphatic heterocycles. The molecule has 1 unspecified atom stereocenters. The summed E-state index contributed by atoms with van der Waals surface area (Å²) in [5.74, 6) is 1.80. The van der Waals surface area contributed by atoms with Crippen LogP contribution in [0, 0.1) is 0 Å². The first kappa shape index (κ1) is 15.1. The largest absolute Gasteiger partial charge is 0.497 e. The molecule has 0 spiro atoms. The van der Waals surface area contributed by atoms with E-state index in [0.717, 1.165) is 11.1 Å². The number of aliphatic hydroxyl groups is 1. The van der Waals surface area contributed by atoms with Crippen LogP contribution < -0.4 is 9.47 Å². The Morgan fingerprint density at radius 1 is 1.13 bits per heavy atom. The lowest BCUT2D eigenvalue weighted by molar-refractivity contribution is 0.108. The number of ether oxygens (including phenoxy) is 2. The van der Waals surface area contributed by atoms with Crippen LogP contribution in [0.25, 0.3) is 11.5 Å². The van der Waals surface area contributed by atoms with Crippen LogP contribution in [0.3, 0.4) is 0 Å². The average Bonchev–Trinajstić information content (AvgIpc) is 3.15. The number of hydrogen-bond acceptors (Lipinski definition) is 6. The third kappa shape index (κ3) is 3.67. The van der Waals surface area contributed by atoms with E-state index in [1.807, 2.05) is 30.3 Å². The number of methoxy groups -OCH3 is 1. The Bertz CT molecular complexity index is 742. The van der Waals surface area contributed by atoms with Gasteiger partial charge in [-0.3, -0.25) is 0 Å². The van der Waals surface area contributed by atoms with E-state index in [1.165, 1.54) is 6.39 Å². The Morgan fingerprint density at radius 2 is 1.96 bits per heavy atom. The number of benzene rings is 2. The zero-order valence-corrected chi connectivity index (χ0v) is 12.5. The highest BCUT2D eigenvalue weighted by molar-refractivity contribution is 5.53. The van der Waals surface area contributed by atoms with Gasteiger partial charge in [-0.15, -0.1) is 10.2 Å². The van der Waals surface area contributed by atoms with E-state index in [1.54, 1.807) is 25.3 Å². The summed E-state index contributed by atoms with van der Waals surface area (Å²) >= 11 is 0. The molecule has 0 fully saturated rings. The molecule has 1 N–H and O–H groups in total. The molecule has 0 saturated heterocycles. The molecule has 0 aliphatic carbocycles. The predicted octanol–water partition coefficient (Wildman–Crippen LogP) is 2.86. The molecule has 3 aromatic rings. The van der Waals surface area contributed by atoms with Gasteiger partial charge >= 0.3 is 0 Å². The van der Waals surface area contributed by atoms with Crippen molar-refractivity contribution >= 4 is 0 Å². The van der Waals surface area contributed by atoms with E-state index >= 15 is 0 Å². The Balaban J connectivity index is 1.61. The lowest BCUT2D eigenvalue weighted by atomic mass is 10.1. The smallest absolute Gasteiger partial charge is 0.247 e. The molecular weight excluding hydrogens is 296 g/mol. The van der Waals surface area contributed by atoms with Crippen LogP contribution >= 0.6 is 0 Å². The lowest BCUT2D eigenvalue weighted by Crippen LogP contribution is -2.09. The second-order valence-electron chi connectivity index (χ2n) is 4.87. The molecule has 0 bridgehead atoms. The van der Waals surface area contributed by atoms with Gasteiger partial charge in [-0.05, 0) is 42.0 Å². The first-order valence-corrected chi connectivity index (χ1v) is 7.07. The van der Waals surface area contributed by atoms with Gasteiger partial charge in [0.15, 0.2) is 0 Å². The quantitative estimate of drug-likeness (QED) is 0.754. The van der Waals surface area contributed by atoms with Crippen LogP contribution in [0.4, 0.5) is 0 Å². The van der Waals surface area contributed by atoms with E-state index in [4.69, 9.17) is 13.9 Å². The summed E-state index contributed by atoms with van der Waals surface area (Å²) in [7, 11) is 1.59. The van der Waals surface area contributed by atoms with Crippen molar-refractivity contribution in [2.75, 3.05) is 13.7 Å². The van der Waals surface area contributed by atoms with Crippen molar-refractivity contribution in [1.82, 2.24) is 10.2 Å². The first-order chi connectivity index (χ1) is 11.3. The van der Waals surface area contributed by atoms with Gasteiger partial charge in [0.2, 0.25) is 12.3 Å². The molecule has 0 radical (unpaired) electrons. The summed E-state index contributed by atoms with van der Waals surface area (Å²) < 4.78 is 15.9. The molecule has 6 heteroatoms. The number of aliphatic hydroxyl groups excluding tert-OH is 1. The molecule has 23 heavy (non-hydrogen) atoms. The van der Waals surface area contributed by atoms with Gasteiger partial charge < -0.3 is 19.0 Å². The molecule has 0 amide bonds. The summed E-state index contributed by atoms with van der Waals surface area (Å²) in [6.07, 6.45) is 0.547. The summed E-state index contributed by atoms with van der Waals surface area (Å²) in [6.45, 7) is 0.146.